The number of piperazine rings is 1. The number of pyridine rings is 1. The highest BCUT2D eigenvalue weighted by Gasteiger charge is 2.27. The number of hydrogen-bond acceptors (Lipinski definition) is 5. The molecule has 1 aliphatic rings. The number of halogens is 2. The number of anilines is 1. The number of ether oxygens (including phenoxy) is 1. The summed E-state index contributed by atoms with van der Waals surface area (Å²) in [5, 5.41) is 9.26. The van der Waals surface area contributed by atoms with Crippen molar-refractivity contribution in [2.75, 3.05) is 24.5 Å². The van der Waals surface area contributed by atoms with E-state index in [0.29, 0.717) is 36.6 Å². The molecule has 1 aromatic carbocycles. The lowest BCUT2D eigenvalue weighted by atomic mass is 10.1. The second-order valence-electron chi connectivity index (χ2n) is 6.60. The Hall–Kier alpha value is -3.47. The fourth-order valence-electron chi connectivity index (χ4n) is 3.27. The maximum atomic E-state index is 12.6. The molecule has 6 nitrogen and oxygen atoms in total. The van der Waals surface area contributed by atoms with Gasteiger partial charge in [-0.1, -0.05) is 12.1 Å². The summed E-state index contributed by atoms with van der Waals surface area (Å²) in [6.07, 6.45) is 4.65. The number of amides is 1. The predicted molar refractivity (Wildman–Crippen MR) is 104 cm³/mol. The van der Waals surface area contributed by atoms with Gasteiger partial charge in [-0.05, 0) is 42.8 Å². The molecule has 1 aromatic heterocycles. The van der Waals surface area contributed by atoms with E-state index in [9.17, 15) is 18.8 Å². The highest BCUT2D eigenvalue weighted by Crippen LogP contribution is 2.21. The molecule has 1 fully saturated rings. The molecule has 1 amide bonds. The number of carbonyl (C=O) groups excluding carboxylic acids is 1. The quantitative estimate of drug-likeness (QED) is 0.723. The Bertz CT molecular complexity index is 942. The Morgan fingerprint density at radius 3 is 2.90 bits per heavy atom. The lowest BCUT2D eigenvalue weighted by Crippen LogP contribution is -2.54. The molecular formula is C21H20F2N4O2. The normalized spacial score (nSPS) is 16.9. The molecule has 1 atom stereocenters. The van der Waals surface area contributed by atoms with Gasteiger partial charge in [0.15, 0.2) is 0 Å². The van der Waals surface area contributed by atoms with E-state index in [1.807, 2.05) is 11.8 Å². The molecule has 29 heavy (non-hydrogen) atoms. The molecule has 150 valence electrons. The monoisotopic (exact) mass is 398 g/mol. The predicted octanol–water partition coefficient (Wildman–Crippen LogP) is 3.31. The topological polar surface area (TPSA) is 69.5 Å². The number of rotatable bonds is 5. The fourth-order valence-corrected chi connectivity index (χ4v) is 3.27. The van der Waals surface area contributed by atoms with Crippen molar-refractivity contribution in [2.45, 2.75) is 19.6 Å². The van der Waals surface area contributed by atoms with Crippen LogP contribution in [0.3, 0.4) is 0 Å². The van der Waals surface area contributed by atoms with Crippen LogP contribution in [-0.4, -0.2) is 48.1 Å². The number of benzene rings is 1. The van der Waals surface area contributed by atoms with E-state index in [4.69, 9.17) is 0 Å². The van der Waals surface area contributed by atoms with Crippen molar-refractivity contribution < 1.29 is 18.3 Å². The number of nitrogens with zero attached hydrogens (tertiary/aromatic N) is 4. The number of alkyl halides is 2. The summed E-state index contributed by atoms with van der Waals surface area (Å²) >= 11 is 0. The van der Waals surface area contributed by atoms with Gasteiger partial charge in [0, 0.05) is 37.9 Å². The van der Waals surface area contributed by atoms with Crippen LogP contribution in [0, 0.1) is 11.3 Å². The molecule has 0 N–H and O–H groups in total. The van der Waals surface area contributed by atoms with Gasteiger partial charge in [0.1, 0.15) is 17.6 Å². The van der Waals surface area contributed by atoms with Gasteiger partial charge in [-0.2, -0.15) is 14.0 Å². The third kappa shape index (κ3) is 5.08. The van der Waals surface area contributed by atoms with E-state index >= 15 is 0 Å². The van der Waals surface area contributed by atoms with E-state index in [0.717, 1.165) is 0 Å². The number of nitriles is 1. The molecule has 0 saturated carbocycles. The minimum absolute atomic E-state index is 0.0419. The van der Waals surface area contributed by atoms with Gasteiger partial charge < -0.3 is 14.5 Å². The first kappa shape index (κ1) is 20.3. The lowest BCUT2D eigenvalue weighted by Gasteiger charge is -2.40. The minimum Gasteiger partial charge on any atom is -0.435 e. The second kappa shape index (κ2) is 9.15. The summed E-state index contributed by atoms with van der Waals surface area (Å²) in [5.41, 5.74) is 1.10. The van der Waals surface area contributed by atoms with Crippen molar-refractivity contribution in [3.8, 4) is 11.8 Å². The first-order chi connectivity index (χ1) is 14.0. The van der Waals surface area contributed by atoms with Crippen LogP contribution in [0.4, 0.5) is 14.6 Å². The van der Waals surface area contributed by atoms with E-state index < -0.39 is 6.61 Å². The molecule has 0 radical (unpaired) electrons. The van der Waals surface area contributed by atoms with E-state index in [-0.39, 0.29) is 17.7 Å². The van der Waals surface area contributed by atoms with Gasteiger partial charge in [0.05, 0.1) is 5.56 Å². The summed E-state index contributed by atoms with van der Waals surface area (Å²) < 4.78 is 29.0. The molecule has 1 aliphatic heterocycles. The molecule has 0 aliphatic carbocycles. The van der Waals surface area contributed by atoms with Crippen LogP contribution in [0.2, 0.25) is 0 Å². The standard InChI is InChI=1S/C21H20F2N4O2/c1-15-14-26(20-17(13-24)5-3-9-25-20)10-11-27(15)19(28)8-7-16-4-2-6-18(12-16)29-21(22)23/h2-9,12,15,21H,10-11,14H2,1H3/t15-/m1/s1. The largest absolute Gasteiger partial charge is 0.435 e. The van der Waals surface area contributed by atoms with Crippen molar-refractivity contribution >= 4 is 17.8 Å². The van der Waals surface area contributed by atoms with Gasteiger partial charge >= 0.3 is 6.61 Å². The number of aromatic nitrogens is 1. The van der Waals surface area contributed by atoms with E-state index in [1.165, 1.54) is 18.2 Å². The smallest absolute Gasteiger partial charge is 0.387 e. The van der Waals surface area contributed by atoms with Crippen LogP contribution in [0.15, 0.2) is 48.7 Å². The molecule has 2 heterocycles. The number of hydrogen-bond donors (Lipinski definition) is 0. The van der Waals surface area contributed by atoms with Gasteiger partial charge in [-0.3, -0.25) is 4.79 Å². The zero-order chi connectivity index (χ0) is 20.8. The van der Waals surface area contributed by atoms with Crippen LogP contribution in [0.1, 0.15) is 18.1 Å². The first-order valence-electron chi connectivity index (χ1n) is 9.11. The van der Waals surface area contributed by atoms with Crippen LogP contribution in [0.25, 0.3) is 6.08 Å². The molecular weight excluding hydrogens is 378 g/mol. The molecule has 3 rings (SSSR count). The van der Waals surface area contributed by atoms with Gasteiger partial charge in [-0.25, -0.2) is 4.98 Å². The highest BCUT2D eigenvalue weighted by atomic mass is 19.3. The Morgan fingerprint density at radius 2 is 2.17 bits per heavy atom. The Kier molecular flexibility index (Phi) is 6.39. The van der Waals surface area contributed by atoms with Crippen LogP contribution in [0.5, 0.6) is 5.75 Å². The Balaban J connectivity index is 1.64. The van der Waals surface area contributed by atoms with Crippen LogP contribution < -0.4 is 9.64 Å². The van der Waals surface area contributed by atoms with Crippen molar-refractivity contribution in [1.29, 1.82) is 5.26 Å². The van der Waals surface area contributed by atoms with Crippen molar-refractivity contribution in [3.05, 3.63) is 59.8 Å². The zero-order valence-electron chi connectivity index (χ0n) is 15.8. The molecule has 8 heteroatoms. The third-order valence-electron chi connectivity index (χ3n) is 4.62. The average molecular weight is 398 g/mol. The minimum atomic E-state index is -2.89. The lowest BCUT2D eigenvalue weighted by molar-refractivity contribution is -0.128. The fraction of sp³-hybridized carbons (Fsp3) is 0.286. The second-order valence-corrected chi connectivity index (χ2v) is 6.60. The SMILES string of the molecule is C[C@@H]1CN(c2ncccc2C#N)CCN1C(=O)C=Cc1cccc(OC(F)F)c1. The first-order valence-corrected chi connectivity index (χ1v) is 9.11. The van der Waals surface area contributed by atoms with Crippen molar-refractivity contribution in [1.82, 2.24) is 9.88 Å². The van der Waals surface area contributed by atoms with Crippen molar-refractivity contribution in [3.63, 3.8) is 0 Å². The number of carbonyl (C=O) groups is 1. The van der Waals surface area contributed by atoms with E-state index in [2.05, 4.69) is 15.8 Å². The average Bonchev–Trinajstić information content (AvgIpc) is 2.71. The van der Waals surface area contributed by atoms with Crippen LogP contribution >= 0.6 is 0 Å². The maximum absolute atomic E-state index is 12.6. The molecule has 1 saturated heterocycles. The Labute approximate surface area is 167 Å². The summed E-state index contributed by atoms with van der Waals surface area (Å²) in [6.45, 7) is 0.648. The summed E-state index contributed by atoms with van der Waals surface area (Å²) in [6, 6.07) is 11.7. The van der Waals surface area contributed by atoms with E-state index in [1.54, 1.807) is 41.4 Å². The molecule has 0 unspecified atom stereocenters. The summed E-state index contributed by atoms with van der Waals surface area (Å²) in [4.78, 5) is 20.7. The summed E-state index contributed by atoms with van der Waals surface area (Å²) in [5.74, 6) is 0.499. The molecule has 2 aromatic rings. The Morgan fingerprint density at radius 1 is 1.34 bits per heavy atom. The van der Waals surface area contributed by atoms with Gasteiger partial charge in [0.2, 0.25) is 5.91 Å². The highest BCUT2D eigenvalue weighted by molar-refractivity contribution is 5.92. The summed E-state index contributed by atoms with van der Waals surface area (Å²) in [7, 11) is 0. The van der Waals surface area contributed by atoms with Gasteiger partial charge in [0.25, 0.3) is 0 Å². The molecule has 0 bridgehead atoms. The van der Waals surface area contributed by atoms with Crippen LogP contribution in [-0.2, 0) is 4.79 Å². The third-order valence-corrected chi connectivity index (χ3v) is 4.62. The molecule has 0 spiro atoms. The maximum Gasteiger partial charge on any atom is 0.387 e. The van der Waals surface area contributed by atoms with Gasteiger partial charge in [-0.15, -0.1) is 0 Å². The zero-order valence-corrected chi connectivity index (χ0v) is 15.8. The van der Waals surface area contributed by atoms with Crippen molar-refractivity contribution in [2.24, 2.45) is 0 Å².